The van der Waals surface area contributed by atoms with Crippen molar-refractivity contribution in [2.24, 2.45) is 5.73 Å². The molecule has 0 aliphatic rings. The van der Waals surface area contributed by atoms with Crippen LogP contribution < -0.4 is 5.73 Å². The Balaban J connectivity index is 1.71. The summed E-state index contributed by atoms with van der Waals surface area (Å²) in [5.41, 5.74) is 7.45. The molecule has 29 heavy (non-hydrogen) atoms. The first-order chi connectivity index (χ1) is 13.7. The van der Waals surface area contributed by atoms with Gasteiger partial charge < -0.3 is 10.7 Å². The van der Waals surface area contributed by atoms with Crippen LogP contribution >= 0.6 is 11.6 Å². The van der Waals surface area contributed by atoms with Crippen molar-refractivity contribution in [3.63, 3.8) is 0 Å². The van der Waals surface area contributed by atoms with E-state index < -0.39 is 17.6 Å². The average Bonchev–Trinajstić information content (AvgIpc) is 3.25. The fraction of sp³-hybridized carbons (Fsp3) is 0.100. The SMILES string of the molecule is NC(=O)c1cn(Cc2ccc(C(F)(F)F)cc2)nc1-c1c[nH]c2cc(Cl)ccc12. The smallest absolute Gasteiger partial charge is 0.365 e. The molecule has 5 nitrogen and oxygen atoms in total. The van der Waals surface area contributed by atoms with Gasteiger partial charge in [0.05, 0.1) is 17.7 Å². The average molecular weight is 419 g/mol. The van der Waals surface area contributed by atoms with E-state index in [4.69, 9.17) is 17.3 Å². The highest BCUT2D eigenvalue weighted by Crippen LogP contribution is 2.32. The van der Waals surface area contributed by atoms with Gasteiger partial charge in [-0.3, -0.25) is 9.48 Å². The lowest BCUT2D eigenvalue weighted by atomic mass is 10.1. The lowest BCUT2D eigenvalue weighted by Crippen LogP contribution is -2.11. The lowest BCUT2D eigenvalue weighted by Gasteiger charge is -2.07. The Morgan fingerprint density at radius 1 is 1.17 bits per heavy atom. The maximum absolute atomic E-state index is 12.7. The number of primary amides is 1. The van der Waals surface area contributed by atoms with Gasteiger partial charge in [0, 0.05) is 33.9 Å². The molecule has 0 unspecified atom stereocenters. The molecule has 2 aromatic heterocycles. The van der Waals surface area contributed by atoms with E-state index in [1.807, 2.05) is 6.07 Å². The standard InChI is InChI=1S/C20H14ClF3N4O/c21-13-5-6-14-15(8-26-17(14)7-13)18-16(19(25)29)10-28(27-18)9-11-1-3-12(4-2-11)20(22,23)24/h1-8,10,26H,9H2,(H2,25,29). The van der Waals surface area contributed by atoms with E-state index >= 15 is 0 Å². The highest BCUT2D eigenvalue weighted by atomic mass is 35.5. The number of halogens is 4. The minimum Gasteiger partial charge on any atom is -0.365 e. The van der Waals surface area contributed by atoms with Gasteiger partial charge in [-0.1, -0.05) is 29.8 Å². The summed E-state index contributed by atoms with van der Waals surface area (Å²) in [4.78, 5) is 15.0. The van der Waals surface area contributed by atoms with Crippen LogP contribution in [0.1, 0.15) is 21.5 Å². The number of aromatic amines is 1. The van der Waals surface area contributed by atoms with Gasteiger partial charge in [-0.15, -0.1) is 0 Å². The molecule has 0 aliphatic carbocycles. The molecule has 4 rings (SSSR count). The van der Waals surface area contributed by atoms with E-state index in [1.54, 1.807) is 18.3 Å². The zero-order chi connectivity index (χ0) is 20.8. The molecule has 9 heteroatoms. The number of nitrogens with two attached hydrogens (primary N) is 1. The van der Waals surface area contributed by atoms with E-state index in [-0.39, 0.29) is 12.1 Å². The number of alkyl halides is 3. The van der Waals surface area contributed by atoms with Crippen molar-refractivity contribution in [2.75, 3.05) is 0 Å². The lowest BCUT2D eigenvalue weighted by molar-refractivity contribution is -0.137. The number of rotatable bonds is 4. The number of H-pyrrole nitrogens is 1. The molecule has 0 fully saturated rings. The second-order valence-electron chi connectivity index (χ2n) is 6.54. The number of carbonyl (C=O) groups excluding carboxylic acids is 1. The summed E-state index contributed by atoms with van der Waals surface area (Å²) in [6.45, 7) is 0.187. The molecule has 2 aromatic carbocycles. The van der Waals surface area contributed by atoms with Crippen LogP contribution in [0.4, 0.5) is 13.2 Å². The molecular weight excluding hydrogens is 405 g/mol. The molecule has 4 aromatic rings. The molecule has 0 saturated carbocycles. The number of amides is 1. The van der Waals surface area contributed by atoms with E-state index in [0.29, 0.717) is 21.8 Å². The van der Waals surface area contributed by atoms with Crippen molar-refractivity contribution in [1.29, 1.82) is 0 Å². The van der Waals surface area contributed by atoms with Crippen molar-refractivity contribution in [3.8, 4) is 11.3 Å². The van der Waals surface area contributed by atoms with Gasteiger partial charge in [0.1, 0.15) is 5.69 Å². The Morgan fingerprint density at radius 3 is 2.55 bits per heavy atom. The summed E-state index contributed by atoms with van der Waals surface area (Å²) in [7, 11) is 0. The molecule has 0 radical (unpaired) electrons. The van der Waals surface area contributed by atoms with Crippen LogP contribution in [-0.2, 0) is 12.7 Å². The normalized spacial score (nSPS) is 11.9. The van der Waals surface area contributed by atoms with Crippen molar-refractivity contribution in [1.82, 2.24) is 14.8 Å². The first-order valence-electron chi connectivity index (χ1n) is 8.53. The minimum absolute atomic E-state index is 0.187. The minimum atomic E-state index is -4.39. The van der Waals surface area contributed by atoms with Gasteiger partial charge >= 0.3 is 6.18 Å². The molecule has 0 saturated heterocycles. The number of benzene rings is 2. The van der Waals surface area contributed by atoms with Crippen LogP contribution in [0.5, 0.6) is 0 Å². The molecule has 0 aliphatic heterocycles. The van der Waals surface area contributed by atoms with Crippen molar-refractivity contribution in [2.45, 2.75) is 12.7 Å². The molecule has 0 bridgehead atoms. The van der Waals surface area contributed by atoms with E-state index in [2.05, 4.69) is 10.1 Å². The number of aromatic nitrogens is 3. The van der Waals surface area contributed by atoms with Crippen molar-refractivity contribution < 1.29 is 18.0 Å². The largest absolute Gasteiger partial charge is 0.416 e. The van der Waals surface area contributed by atoms with Crippen LogP contribution in [0.2, 0.25) is 5.02 Å². The van der Waals surface area contributed by atoms with Gasteiger partial charge in [-0.25, -0.2) is 0 Å². The van der Waals surface area contributed by atoms with Crippen LogP contribution in [0, 0.1) is 0 Å². The van der Waals surface area contributed by atoms with Crippen LogP contribution in [0.3, 0.4) is 0 Å². The maximum atomic E-state index is 12.7. The van der Waals surface area contributed by atoms with Crippen LogP contribution in [0.25, 0.3) is 22.2 Å². The Kier molecular flexibility index (Phi) is 4.58. The number of hydrogen-bond acceptors (Lipinski definition) is 2. The Labute approximate surface area is 167 Å². The van der Waals surface area contributed by atoms with Gasteiger partial charge in [0.25, 0.3) is 5.91 Å². The first kappa shape index (κ1) is 19.1. The Morgan fingerprint density at radius 2 is 1.90 bits per heavy atom. The monoisotopic (exact) mass is 418 g/mol. The molecule has 1 amide bonds. The predicted molar refractivity (Wildman–Crippen MR) is 104 cm³/mol. The highest BCUT2D eigenvalue weighted by Gasteiger charge is 2.30. The molecule has 0 atom stereocenters. The third-order valence-electron chi connectivity index (χ3n) is 4.55. The summed E-state index contributed by atoms with van der Waals surface area (Å²) in [5.74, 6) is -0.651. The van der Waals surface area contributed by atoms with Crippen molar-refractivity contribution >= 4 is 28.4 Å². The number of carbonyl (C=O) groups is 1. The van der Waals surface area contributed by atoms with E-state index in [9.17, 15) is 18.0 Å². The van der Waals surface area contributed by atoms with Crippen LogP contribution in [-0.4, -0.2) is 20.7 Å². The number of nitrogens with one attached hydrogen (secondary N) is 1. The highest BCUT2D eigenvalue weighted by molar-refractivity contribution is 6.31. The Bertz CT molecular complexity index is 1210. The molecular formula is C20H14ClF3N4O. The summed E-state index contributed by atoms with van der Waals surface area (Å²) >= 11 is 6.01. The fourth-order valence-corrected chi connectivity index (χ4v) is 3.33. The molecule has 2 heterocycles. The summed E-state index contributed by atoms with van der Waals surface area (Å²) < 4.78 is 39.6. The summed E-state index contributed by atoms with van der Waals surface area (Å²) in [6.07, 6.45) is -1.20. The number of fused-ring (bicyclic) bond motifs is 1. The topological polar surface area (TPSA) is 76.7 Å². The predicted octanol–water partition coefficient (Wildman–Crippen LogP) is 4.85. The third-order valence-corrected chi connectivity index (χ3v) is 4.79. The maximum Gasteiger partial charge on any atom is 0.416 e. The third kappa shape index (κ3) is 3.71. The zero-order valence-electron chi connectivity index (χ0n) is 14.8. The van der Waals surface area contributed by atoms with Gasteiger partial charge in [0.2, 0.25) is 0 Å². The molecule has 148 valence electrons. The van der Waals surface area contributed by atoms with Gasteiger partial charge in [-0.05, 0) is 29.8 Å². The van der Waals surface area contributed by atoms with Crippen LogP contribution in [0.15, 0.2) is 54.9 Å². The fourth-order valence-electron chi connectivity index (χ4n) is 3.16. The number of hydrogen-bond donors (Lipinski definition) is 2. The van der Waals surface area contributed by atoms with Crippen molar-refractivity contribution in [3.05, 3.63) is 76.6 Å². The number of nitrogens with zero attached hydrogens (tertiary/aromatic N) is 2. The second kappa shape index (κ2) is 6.97. The molecule has 0 spiro atoms. The summed E-state index contributed by atoms with van der Waals surface area (Å²) in [5, 5.41) is 5.83. The molecule has 3 N–H and O–H groups in total. The first-order valence-corrected chi connectivity index (χ1v) is 8.90. The van der Waals surface area contributed by atoms with E-state index in [1.165, 1.54) is 23.0 Å². The quantitative estimate of drug-likeness (QED) is 0.497. The Hall–Kier alpha value is -3.26. The summed E-state index contributed by atoms with van der Waals surface area (Å²) in [6, 6.07) is 10.1. The second-order valence-corrected chi connectivity index (χ2v) is 6.98. The van der Waals surface area contributed by atoms with E-state index in [0.717, 1.165) is 23.0 Å². The van der Waals surface area contributed by atoms with Gasteiger partial charge in [-0.2, -0.15) is 18.3 Å². The van der Waals surface area contributed by atoms with Gasteiger partial charge in [0.15, 0.2) is 0 Å². The zero-order valence-corrected chi connectivity index (χ0v) is 15.6.